The number of hydrogen-bond donors (Lipinski definition) is 2. The van der Waals surface area contributed by atoms with Gasteiger partial charge < -0.3 is 14.9 Å². The summed E-state index contributed by atoms with van der Waals surface area (Å²) in [7, 11) is 0. The topological polar surface area (TPSA) is 66.8 Å². The fourth-order valence-corrected chi connectivity index (χ4v) is 5.57. The molecule has 206 valence electrons. The van der Waals surface area contributed by atoms with Crippen molar-refractivity contribution in [3.05, 3.63) is 179 Å². The number of carboxylic acid groups (broad SMARTS) is 1. The Bertz CT molecular complexity index is 1350. The van der Waals surface area contributed by atoms with Crippen LogP contribution in [0.1, 0.15) is 40.2 Å². The summed E-state index contributed by atoms with van der Waals surface area (Å²) in [6.07, 6.45) is -0.915. The van der Waals surface area contributed by atoms with E-state index in [9.17, 15) is 15.0 Å². The Morgan fingerprint density at radius 1 is 0.585 bits per heavy atom. The van der Waals surface area contributed by atoms with Crippen molar-refractivity contribution in [3.8, 4) is 0 Å². The molecule has 5 aromatic carbocycles. The van der Waals surface area contributed by atoms with Gasteiger partial charge in [-0.25, -0.2) is 0 Å². The zero-order valence-electron chi connectivity index (χ0n) is 22.8. The second kappa shape index (κ2) is 13.2. The molecule has 0 bridgehead atoms. The van der Waals surface area contributed by atoms with Crippen molar-refractivity contribution in [2.75, 3.05) is 6.61 Å². The van der Waals surface area contributed by atoms with Crippen molar-refractivity contribution in [2.45, 2.75) is 24.0 Å². The summed E-state index contributed by atoms with van der Waals surface area (Å²) >= 11 is 0. The Labute approximate surface area is 241 Å². The van der Waals surface area contributed by atoms with Crippen molar-refractivity contribution < 1.29 is 19.7 Å². The molecule has 0 radical (unpaired) electrons. The van der Waals surface area contributed by atoms with Gasteiger partial charge in [-0.3, -0.25) is 4.79 Å². The monoisotopic (exact) mass is 542 g/mol. The summed E-state index contributed by atoms with van der Waals surface area (Å²) in [6.45, 7) is -0.189. The predicted octanol–water partition coefficient (Wildman–Crippen LogP) is 7.28. The fourth-order valence-electron chi connectivity index (χ4n) is 5.57. The van der Waals surface area contributed by atoms with Gasteiger partial charge in [0.1, 0.15) is 11.5 Å². The maximum atomic E-state index is 12.7. The van der Waals surface area contributed by atoms with Gasteiger partial charge in [0.05, 0.1) is 12.7 Å². The molecule has 2 N–H and O–H groups in total. The molecule has 0 aliphatic rings. The van der Waals surface area contributed by atoms with Crippen LogP contribution in [-0.2, 0) is 15.1 Å². The van der Waals surface area contributed by atoms with E-state index in [0.717, 1.165) is 27.8 Å². The first-order chi connectivity index (χ1) is 20.1. The van der Waals surface area contributed by atoms with E-state index in [4.69, 9.17) is 4.74 Å². The highest BCUT2D eigenvalue weighted by Crippen LogP contribution is 2.41. The Morgan fingerprint density at radius 2 is 0.927 bits per heavy atom. The molecule has 0 fully saturated rings. The lowest BCUT2D eigenvalue weighted by molar-refractivity contribution is -0.151. The van der Waals surface area contributed by atoms with Gasteiger partial charge in [0, 0.05) is 5.92 Å². The molecule has 4 nitrogen and oxygen atoms in total. The van der Waals surface area contributed by atoms with Crippen LogP contribution in [0.4, 0.5) is 0 Å². The molecule has 0 heterocycles. The molecule has 0 amide bonds. The third-order valence-corrected chi connectivity index (χ3v) is 7.68. The molecular formula is C37H34O4. The first-order valence-electron chi connectivity index (χ1n) is 13.9. The van der Waals surface area contributed by atoms with Crippen molar-refractivity contribution in [1.82, 2.24) is 0 Å². The van der Waals surface area contributed by atoms with E-state index in [1.165, 1.54) is 0 Å². The van der Waals surface area contributed by atoms with Gasteiger partial charge in [-0.15, -0.1) is 0 Å². The van der Waals surface area contributed by atoms with E-state index < -0.39 is 23.6 Å². The standard InChI is InChI=1S/C37H34O4/c38-35(26-33(28-16-6-1-7-17-28)29-18-8-2-9-19-29)34(36(39)40)27-41-37(30-20-10-3-11-21-30,31-22-12-4-13-23-31)32-24-14-5-15-25-32/h1-25,33-35,38H,26-27H2,(H,39,40)/t34-,35-/m0/s1. The van der Waals surface area contributed by atoms with Crippen LogP contribution in [0.2, 0.25) is 0 Å². The minimum atomic E-state index is -1.15. The first-order valence-corrected chi connectivity index (χ1v) is 13.9. The Kier molecular flexibility index (Phi) is 9.05. The molecule has 0 aromatic heterocycles. The van der Waals surface area contributed by atoms with Crippen LogP contribution in [-0.4, -0.2) is 28.9 Å². The van der Waals surface area contributed by atoms with E-state index in [-0.39, 0.29) is 18.9 Å². The Hall–Kier alpha value is -4.51. The maximum Gasteiger partial charge on any atom is 0.311 e. The molecule has 0 aliphatic heterocycles. The summed E-state index contributed by atoms with van der Waals surface area (Å²) < 4.78 is 6.78. The van der Waals surface area contributed by atoms with Crippen LogP contribution in [0.5, 0.6) is 0 Å². The van der Waals surface area contributed by atoms with Crippen molar-refractivity contribution in [1.29, 1.82) is 0 Å². The highest BCUT2D eigenvalue weighted by Gasteiger charge is 2.40. The average Bonchev–Trinajstić information content (AvgIpc) is 3.04. The average molecular weight is 543 g/mol. The fraction of sp³-hybridized carbons (Fsp3) is 0.162. The number of aliphatic hydroxyl groups excluding tert-OH is 1. The molecule has 0 aliphatic carbocycles. The van der Waals surface area contributed by atoms with E-state index in [0.29, 0.717) is 0 Å². The second-order valence-electron chi connectivity index (χ2n) is 10.2. The second-order valence-corrected chi connectivity index (χ2v) is 10.2. The number of benzene rings is 5. The van der Waals surface area contributed by atoms with E-state index >= 15 is 0 Å². The van der Waals surface area contributed by atoms with Gasteiger partial charge in [0.25, 0.3) is 0 Å². The molecule has 0 unspecified atom stereocenters. The lowest BCUT2D eigenvalue weighted by Gasteiger charge is -2.37. The SMILES string of the molecule is O=C(O)[C@@H](COC(c1ccccc1)(c1ccccc1)c1ccccc1)[C@@H](O)CC(c1ccccc1)c1ccccc1. The molecule has 0 saturated heterocycles. The third-order valence-electron chi connectivity index (χ3n) is 7.68. The van der Waals surface area contributed by atoms with Crippen LogP contribution in [0.15, 0.2) is 152 Å². The van der Waals surface area contributed by atoms with Crippen LogP contribution in [0.3, 0.4) is 0 Å². The van der Waals surface area contributed by atoms with Crippen molar-refractivity contribution in [3.63, 3.8) is 0 Å². The van der Waals surface area contributed by atoms with E-state index in [1.54, 1.807) is 0 Å². The minimum absolute atomic E-state index is 0.170. The summed E-state index contributed by atoms with van der Waals surface area (Å²) in [4.78, 5) is 12.7. The number of aliphatic carboxylic acids is 1. The maximum absolute atomic E-state index is 12.7. The van der Waals surface area contributed by atoms with Crippen molar-refractivity contribution in [2.24, 2.45) is 5.92 Å². The highest BCUT2D eigenvalue weighted by molar-refractivity contribution is 5.71. The minimum Gasteiger partial charge on any atom is -0.481 e. The molecule has 5 rings (SSSR count). The zero-order chi connectivity index (χ0) is 28.5. The van der Waals surface area contributed by atoms with E-state index in [1.807, 2.05) is 152 Å². The molecule has 0 spiro atoms. The number of carbonyl (C=O) groups is 1. The molecule has 41 heavy (non-hydrogen) atoms. The number of ether oxygens (including phenoxy) is 1. The lowest BCUT2D eigenvalue weighted by Crippen LogP contribution is -2.39. The Balaban J connectivity index is 1.51. The van der Waals surface area contributed by atoms with Crippen molar-refractivity contribution >= 4 is 5.97 Å². The van der Waals surface area contributed by atoms with E-state index in [2.05, 4.69) is 0 Å². The van der Waals surface area contributed by atoms with Gasteiger partial charge >= 0.3 is 5.97 Å². The number of carboxylic acids is 1. The van der Waals surface area contributed by atoms with Gasteiger partial charge in [0.15, 0.2) is 0 Å². The number of aliphatic hydroxyl groups is 1. The highest BCUT2D eigenvalue weighted by atomic mass is 16.5. The lowest BCUT2D eigenvalue weighted by atomic mass is 9.79. The van der Waals surface area contributed by atoms with Gasteiger partial charge in [-0.1, -0.05) is 152 Å². The zero-order valence-corrected chi connectivity index (χ0v) is 22.8. The summed E-state index contributed by atoms with van der Waals surface area (Å²) in [5.74, 6) is -2.42. The largest absolute Gasteiger partial charge is 0.481 e. The molecule has 2 atom stereocenters. The van der Waals surface area contributed by atoms with Crippen LogP contribution < -0.4 is 0 Å². The molecule has 5 aromatic rings. The molecule has 4 heteroatoms. The summed E-state index contributed by atoms with van der Waals surface area (Å²) in [5, 5.41) is 21.9. The van der Waals surface area contributed by atoms with Crippen LogP contribution in [0.25, 0.3) is 0 Å². The van der Waals surface area contributed by atoms with Crippen LogP contribution in [0, 0.1) is 5.92 Å². The first kappa shape index (κ1) is 28.0. The smallest absolute Gasteiger partial charge is 0.311 e. The number of rotatable bonds is 12. The molecular weight excluding hydrogens is 508 g/mol. The quantitative estimate of drug-likeness (QED) is 0.163. The van der Waals surface area contributed by atoms with Gasteiger partial charge in [-0.2, -0.15) is 0 Å². The van der Waals surface area contributed by atoms with Gasteiger partial charge in [0.2, 0.25) is 0 Å². The summed E-state index contributed by atoms with van der Waals surface area (Å²) in [6, 6.07) is 49.3. The predicted molar refractivity (Wildman–Crippen MR) is 162 cm³/mol. The third kappa shape index (κ3) is 6.30. The summed E-state index contributed by atoms with van der Waals surface area (Å²) in [5.41, 5.74) is 3.60. The number of hydrogen-bond acceptors (Lipinski definition) is 3. The Morgan fingerprint density at radius 3 is 1.27 bits per heavy atom. The molecule has 0 saturated carbocycles. The van der Waals surface area contributed by atoms with Gasteiger partial charge in [-0.05, 0) is 34.2 Å². The van der Waals surface area contributed by atoms with Crippen LogP contribution >= 0.6 is 0 Å². The normalized spacial score (nSPS) is 13.0.